The Bertz CT molecular complexity index is 1250. The van der Waals surface area contributed by atoms with Gasteiger partial charge in [0.1, 0.15) is 5.75 Å². The van der Waals surface area contributed by atoms with Crippen molar-refractivity contribution in [3.05, 3.63) is 51.7 Å². The Morgan fingerprint density at radius 2 is 1.94 bits per heavy atom. The van der Waals surface area contributed by atoms with Crippen molar-refractivity contribution < 1.29 is 22.7 Å². The first-order chi connectivity index (χ1) is 15.3. The number of sulfone groups is 1. The third kappa shape index (κ3) is 6.28. The van der Waals surface area contributed by atoms with Crippen molar-refractivity contribution in [3.63, 3.8) is 0 Å². The van der Waals surface area contributed by atoms with Crippen molar-refractivity contribution >= 4 is 53.2 Å². The summed E-state index contributed by atoms with van der Waals surface area (Å²) < 4.78 is 39.5. The van der Waals surface area contributed by atoms with Gasteiger partial charge in [0, 0.05) is 24.0 Å². The Labute approximate surface area is 199 Å². The van der Waals surface area contributed by atoms with Crippen LogP contribution in [0.4, 0.5) is 0 Å². The molecule has 2 aromatic carbocycles. The molecule has 0 radical (unpaired) electrons. The lowest BCUT2D eigenvalue weighted by Crippen LogP contribution is -2.20. The van der Waals surface area contributed by atoms with E-state index in [0.717, 1.165) is 14.7 Å². The zero-order valence-corrected chi connectivity index (χ0v) is 21.1. The molecule has 0 saturated heterocycles. The first-order valence-electron chi connectivity index (χ1n) is 10.1. The van der Waals surface area contributed by atoms with Gasteiger partial charge in [-0.3, -0.25) is 4.79 Å². The normalized spacial score (nSPS) is 12.4. The molecule has 10 heteroatoms. The highest BCUT2D eigenvalue weighted by Gasteiger charge is 2.15. The van der Waals surface area contributed by atoms with Gasteiger partial charge in [0.2, 0.25) is 5.91 Å². The van der Waals surface area contributed by atoms with E-state index in [2.05, 4.69) is 20.9 Å². The monoisotopic (exact) mass is 540 g/mol. The average molecular weight is 541 g/mol. The lowest BCUT2D eigenvalue weighted by Gasteiger charge is -2.06. The topological polar surface area (TPSA) is 87.0 Å². The van der Waals surface area contributed by atoms with Gasteiger partial charge in [0.05, 0.1) is 34.6 Å². The van der Waals surface area contributed by atoms with E-state index in [1.54, 1.807) is 12.1 Å². The summed E-state index contributed by atoms with van der Waals surface area (Å²) in [6.07, 6.45) is 0.255. The number of carbonyl (C=O) groups is 1. The molecule has 0 atom stereocenters. The number of halogens is 1. The van der Waals surface area contributed by atoms with Crippen LogP contribution in [0.1, 0.15) is 19.8 Å². The van der Waals surface area contributed by atoms with Crippen molar-refractivity contribution in [2.45, 2.75) is 31.2 Å². The van der Waals surface area contributed by atoms with Gasteiger partial charge in [-0.25, -0.2) is 8.42 Å². The summed E-state index contributed by atoms with van der Waals surface area (Å²) in [7, 11) is -1.95. The summed E-state index contributed by atoms with van der Waals surface area (Å²) in [5.74, 6) is 0.126. The highest BCUT2D eigenvalue weighted by atomic mass is 79.9. The minimum Gasteiger partial charge on any atom is -0.497 e. The predicted molar refractivity (Wildman–Crippen MR) is 129 cm³/mol. The molecule has 1 aromatic heterocycles. The van der Waals surface area contributed by atoms with Crippen molar-refractivity contribution in [2.75, 3.05) is 26.1 Å². The van der Waals surface area contributed by atoms with Crippen molar-refractivity contribution in [2.24, 2.45) is 4.99 Å². The fraction of sp³-hybridized carbons (Fsp3) is 0.364. The number of thiazole rings is 1. The zero-order valence-electron chi connectivity index (χ0n) is 17.9. The van der Waals surface area contributed by atoms with Crippen molar-refractivity contribution in [1.29, 1.82) is 0 Å². The van der Waals surface area contributed by atoms with E-state index >= 15 is 0 Å². The Balaban J connectivity index is 1.72. The van der Waals surface area contributed by atoms with Gasteiger partial charge < -0.3 is 14.0 Å². The number of carbonyl (C=O) groups excluding carboxylic acids is 1. The summed E-state index contributed by atoms with van der Waals surface area (Å²) in [5.41, 5.74) is 0.978. The van der Waals surface area contributed by atoms with Crippen molar-refractivity contribution in [1.82, 2.24) is 4.57 Å². The molecule has 3 aromatic rings. The Kier molecular flexibility index (Phi) is 8.64. The van der Waals surface area contributed by atoms with E-state index in [1.807, 2.05) is 29.7 Å². The summed E-state index contributed by atoms with van der Waals surface area (Å²) in [4.78, 5) is 17.6. The van der Waals surface area contributed by atoms with Gasteiger partial charge in [-0.1, -0.05) is 27.3 Å². The minimum atomic E-state index is -3.48. The molecule has 172 valence electrons. The minimum absolute atomic E-state index is 0.0543. The fourth-order valence-corrected chi connectivity index (χ4v) is 6.06. The van der Waals surface area contributed by atoms with Gasteiger partial charge in [0.25, 0.3) is 0 Å². The maximum atomic E-state index is 12.5. The second kappa shape index (κ2) is 11.2. The number of hydrogen-bond acceptors (Lipinski definition) is 6. The van der Waals surface area contributed by atoms with Crippen LogP contribution in [0.3, 0.4) is 0 Å². The highest BCUT2D eigenvalue weighted by Crippen LogP contribution is 2.22. The van der Waals surface area contributed by atoms with Crippen LogP contribution < -0.4 is 9.54 Å². The molecule has 1 heterocycles. The van der Waals surface area contributed by atoms with Crippen LogP contribution in [-0.4, -0.2) is 45.0 Å². The Hall–Kier alpha value is -2.01. The number of nitrogens with zero attached hydrogens (tertiary/aromatic N) is 2. The van der Waals surface area contributed by atoms with Gasteiger partial charge in [-0.05, 0) is 55.8 Å². The molecule has 7 nitrogen and oxygen atoms in total. The summed E-state index contributed by atoms with van der Waals surface area (Å²) >= 11 is 4.90. The third-order valence-electron chi connectivity index (χ3n) is 4.75. The molecular formula is C22H25BrN2O5S2. The van der Waals surface area contributed by atoms with Gasteiger partial charge in [-0.15, -0.1) is 0 Å². The van der Waals surface area contributed by atoms with E-state index in [0.29, 0.717) is 30.3 Å². The van der Waals surface area contributed by atoms with Crippen LogP contribution in [0.15, 0.2) is 56.8 Å². The van der Waals surface area contributed by atoms with Crippen molar-refractivity contribution in [3.8, 4) is 5.75 Å². The molecule has 0 bridgehead atoms. The zero-order chi connectivity index (χ0) is 23.1. The van der Waals surface area contributed by atoms with Crippen LogP contribution in [0.25, 0.3) is 10.2 Å². The molecule has 0 fully saturated rings. The lowest BCUT2D eigenvalue weighted by molar-refractivity contribution is -0.118. The smallest absolute Gasteiger partial charge is 0.248 e. The van der Waals surface area contributed by atoms with Crippen LogP contribution in [0.5, 0.6) is 5.75 Å². The molecule has 32 heavy (non-hydrogen) atoms. The molecule has 0 N–H and O–H groups in total. The number of aromatic nitrogens is 1. The molecule has 3 rings (SSSR count). The highest BCUT2D eigenvalue weighted by molar-refractivity contribution is 9.10. The average Bonchev–Trinajstić information content (AvgIpc) is 3.09. The van der Waals surface area contributed by atoms with E-state index in [-0.39, 0.29) is 29.4 Å². The van der Waals surface area contributed by atoms with Gasteiger partial charge >= 0.3 is 0 Å². The SMILES string of the molecule is CCOCCn1c(=NC(=O)CCCS(=O)(=O)c2ccc(OC)cc2)sc2cc(Br)ccc21. The fourth-order valence-electron chi connectivity index (χ4n) is 3.13. The second-order valence-electron chi connectivity index (χ2n) is 6.95. The van der Waals surface area contributed by atoms with Crippen LogP contribution in [0, 0.1) is 0 Å². The Morgan fingerprint density at radius 1 is 1.19 bits per heavy atom. The first-order valence-corrected chi connectivity index (χ1v) is 13.4. The van der Waals surface area contributed by atoms with Crippen LogP contribution in [0.2, 0.25) is 0 Å². The summed E-state index contributed by atoms with van der Waals surface area (Å²) in [6.45, 7) is 3.64. The Morgan fingerprint density at radius 3 is 2.62 bits per heavy atom. The predicted octanol–water partition coefficient (Wildman–Crippen LogP) is 4.19. The number of benzene rings is 2. The summed E-state index contributed by atoms with van der Waals surface area (Å²) in [6, 6.07) is 12.1. The standard InChI is InChI=1S/C22H25BrN2O5S2/c1-3-30-13-12-25-19-11-6-16(23)15-20(19)31-22(25)24-21(26)5-4-14-32(27,28)18-9-7-17(29-2)8-10-18/h6-11,15H,3-5,12-14H2,1-2H3. The molecular weight excluding hydrogens is 516 g/mol. The molecule has 0 unspecified atom stereocenters. The van der Waals surface area contributed by atoms with Gasteiger partial charge in [-0.2, -0.15) is 4.99 Å². The van der Waals surface area contributed by atoms with Gasteiger partial charge in [0.15, 0.2) is 14.6 Å². The number of amides is 1. The number of methoxy groups -OCH3 is 1. The number of rotatable bonds is 10. The number of fused-ring (bicyclic) bond motifs is 1. The third-order valence-corrected chi connectivity index (χ3v) is 8.10. The molecule has 0 spiro atoms. The lowest BCUT2D eigenvalue weighted by atomic mass is 10.3. The van der Waals surface area contributed by atoms with E-state index in [1.165, 1.54) is 30.6 Å². The van der Waals surface area contributed by atoms with Crippen LogP contribution in [-0.2, 0) is 25.9 Å². The van der Waals surface area contributed by atoms with E-state index in [4.69, 9.17) is 9.47 Å². The van der Waals surface area contributed by atoms with Crippen LogP contribution >= 0.6 is 27.3 Å². The van der Waals surface area contributed by atoms with E-state index < -0.39 is 9.84 Å². The molecule has 0 aliphatic rings. The first kappa shape index (κ1) is 24.6. The maximum Gasteiger partial charge on any atom is 0.248 e. The van der Waals surface area contributed by atoms with E-state index in [9.17, 15) is 13.2 Å². The molecule has 0 aliphatic carbocycles. The molecule has 0 saturated carbocycles. The number of ether oxygens (including phenoxy) is 2. The molecule has 1 amide bonds. The summed E-state index contributed by atoms with van der Waals surface area (Å²) in [5, 5.41) is 0. The molecule has 0 aliphatic heterocycles. The quantitative estimate of drug-likeness (QED) is 0.360. The largest absolute Gasteiger partial charge is 0.497 e. The maximum absolute atomic E-state index is 12.5. The second-order valence-corrected chi connectivity index (χ2v) is 11.0. The number of hydrogen-bond donors (Lipinski definition) is 0.